The van der Waals surface area contributed by atoms with Gasteiger partial charge in [-0.25, -0.2) is 0 Å². The van der Waals surface area contributed by atoms with Gasteiger partial charge in [-0.3, -0.25) is 4.79 Å². The molecule has 1 N–H and O–H groups in total. The number of hydrogen-bond donors (Lipinski definition) is 1. The van der Waals surface area contributed by atoms with Crippen molar-refractivity contribution >= 4 is 5.91 Å². The first-order chi connectivity index (χ1) is 13.2. The highest BCUT2D eigenvalue weighted by Crippen LogP contribution is 2.58. The lowest BCUT2D eigenvalue weighted by atomic mass is 9.85. The molecule has 0 bridgehead atoms. The summed E-state index contributed by atoms with van der Waals surface area (Å²) in [6.07, 6.45) is 0.868. The van der Waals surface area contributed by atoms with Crippen LogP contribution in [-0.4, -0.2) is 12.5 Å². The molecule has 1 amide bonds. The monoisotopic (exact) mass is 355 g/mol. The predicted octanol–water partition coefficient (Wildman–Crippen LogP) is 4.91. The van der Waals surface area contributed by atoms with Crippen LogP contribution in [-0.2, 0) is 10.2 Å². The third-order valence-corrected chi connectivity index (χ3v) is 5.81. The number of nitrogens with one attached hydrogen (secondary N) is 1. The SMILES string of the molecule is CC(CNC(=O)C1CC1(c1ccccc1)c1ccccc1)c1ccccc1. The molecule has 0 radical (unpaired) electrons. The predicted molar refractivity (Wildman–Crippen MR) is 110 cm³/mol. The lowest BCUT2D eigenvalue weighted by Gasteiger charge is -2.19. The van der Waals surface area contributed by atoms with Crippen molar-refractivity contribution in [3.05, 3.63) is 108 Å². The van der Waals surface area contributed by atoms with Crippen molar-refractivity contribution in [2.24, 2.45) is 5.92 Å². The van der Waals surface area contributed by atoms with Gasteiger partial charge in [-0.05, 0) is 29.0 Å². The first-order valence-electron chi connectivity index (χ1n) is 9.65. The van der Waals surface area contributed by atoms with Gasteiger partial charge in [0.05, 0.1) is 5.92 Å². The highest BCUT2D eigenvalue weighted by molar-refractivity contribution is 5.86. The molecule has 2 atom stereocenters. The van der Waals surface area contributed by atoms with Crippen LogP contribution in [0.3, 0.4) is 0 Å². The molecule has 0 heterocycles. The molecule has 3 aromatic rings. The molecule has 2 heteroatoms. The zero-order chi connectivity index (χ0) is 18.7. The minimum atomic E-state index is -0.192. The topological polar surface area (TPSA) is 29.1 Å². The Labute approximate surface area is 161 Å². The van der Waals surface area contributed by atoms with Gasteiger partial charge < -0.3 is 5.32 Å². The summed E-state index contributed by atoms with van der Waals surface area (Å²) in [7, 11) is 0. The maximum Gasteiger partial charge on any atom is 0.224 e. The Kier molecular flexibility index (Phi) is 4.81. The summed E-state index contributed by atoms with van der Waals surface area (Å²) in [5.74, 6) is 0.451. The van der Waals surface area contributed by atoms with Crippen molar-refractivity contribution in [1.29, 1.82) is 0 Å². The number of carbonyl (C=O) groups is 1. The van der Waals surface area contributed by atoms with E-state index in [-0.39, 0.29) is 17.2 Å². The van der Waals surface area contributed by atoms with Crippen LogP contribution in [0.15, 0.2) is 91.0 Å². The Morgan fingerprint density at radius 3 is 1.89 bits per heavy atom. The smallest absolute Gasteiger partial charge is 0.224 e. The Hall–Kier alpha value is -2.87. The van der Waals surface area contributed by atoms with Gasteiger partial charge in [-0.2, -0.15) is 0 Å². The zero-order valence-corrected chi connectivity index (χ0v) is 15.6. The normalized spacial score (nSPS) is 18.5. The molecule has 1 fully saturated rings. The van der Waals surface area contributed by atoms with Crippen LogP contribution in [0.25, 0.3) is 0 Å². The van der Waals surface area contributed by atoms with E-state index in [1.165, 1.54) is 16.7 Å². The average molecular weight is 355 g/mol. The molecule has 0 aromatic heterocycles. The highest BCUT2D eigenvalue weighted by atomic mass is 16.2. The van der Waals surface area contributed by atoms with E-state index in [1.54, 1.807) is 0 Å². The van der Waals surface area contributed by atoms with Gasteiger partial charge in [-0.15, -0.1) is 0 Å². The van der Waals surface area contributed by atoms with Crippen molar-refractivity contribution in [2.45, 2.75) is 24.7 Å². The van der Waals surface area contributed by atoms with Crippen molar-refractivity contribution in [3.63, 3.8) is 0 Å². The van der Waals surface area contributed by atoms with Gasteiger partial charge in [-0.1, -0.05) is 97.9 Å². The van der Waals surface area contributed by atoms with E-state index in [0.29, 0.717) is 12.5 Å². The number of rotatable bonds is 6. The standard InChI is InChI=1S/C25H25NO/c1-19(20-11-5-2-6-12-20)18-26-24(27)23-17-25(23,21-13-7-3-8-14-21)22-15-9-4-10-16-22/h2-16,19,23H,17-18H2,1H3,(H,26,27). The first-order valence-corrected chi connectivity index (χ1v) is 9.65. The number of carbonyl (C=O) groups excluding carboxylic acids is 1. The molecule has 0 aliphatic heterocycles. The van der Waals surface area contributed by atoms with Crippen LogP contribution in [0.5, 0.6) is 0 Å². The molecule has 3 aromatic carbocycles. The molecule has 1 aliphatic carbocycles. The average Bonchev–Trinajstić information content (AvgIpc) is 3.51. The van der Waals surface area contributed by atoms with Crippen LogP contribution in [0.1, 0.15) is 36.0 Å². The van der Waals surface area contributed by atoms with E-state index in [0.717, 1.165) is 6.42 Å². The molecular weight excluding hydrogens is 330 g/mol. The van der Waals surface area contributed by atoms with Crippen molar-refractivity contribution in [2.75, 3.05) is 6.54 Å². The van der Waals surface area contributed by atoms with Gasteiger partial charge >= 0.3 is 0 Å². The van der Waals surface area contributed by atoms with E-state index < -0.39 is 0 Å². The minimum absolute atomic E-state index is 0.00901. The summed E-state index contributed by atoms with van der Waals surface area (Å²) in [5, 5.41) is 3.20. The van der Waals surface area contributed by atoms with E-state index >= 15 is 0 Å². The molecule has 27 heavy (non-hydrogen) atoms. The molecule has 2 unspecified atom stereocenters. The lowest BCUT2D eigenvalue weighted by molar-refractivity contribution is -0.122. The number of hydrogen-bond acceptors (Lipinski definition) is 1. The summed E-state index contributed by atoms with van der Waals surface area (Å²) < 4.78 is 0. The lowest BCUT2D eigenvalue weighted by Crippen LogP contribution is -2.31. The van der Waals surface area contributed by atoms with Crippen molar-refractivity contribution in [3.8, 4) is 0 Å². The van der Waals surface area contributed by atoms with E-state index in [2.05, 4.69) is 72.9 Å². The Morgan fingerprint density at radius 1 is 0.889 bits per heavy atom. The fourth-order valence-electron chi connectivity index (χ4n) is 4.13. The zero-order valence-electron chi connectivity index (χ0n) is 15.6. The molecule has 0 saturated heterocycles. The maximum absolute atomic E-state index is 13.0. The quantitative estimate of drug-likeness (QED) is 0.668. The summed E-state index contributed by atoms with van der Waals surface area (Å²) in [6, 6.07) is 31.2. The molecule has 136 valence electrons. The van der Waals surface area contributed by atoms with Crippen molar-refractivity contribution in [1.82, 2.24) is 5.32 Å². The van der Waals surface area contributed by atoms with Gasteiger partial charge in [0, 0.05) is 12.0 Å². The van der Waals surface area contributed by atoms with Gasteiger partial charge in [0.25, 0.3) is 0 Å². The Balaban J connectivity index is 1.51. The minimum Gasteiger partial charge on any atom is -0.355 e. The molecule has 0 spiro atoms. The fraction of sp³-hybridized carbons (Fsp3) is 0.240. The van der Waals surface area contributed by atoms with Gasteiger partial charge in [0.2, 0.25) is 5.91 Å². The van der Waals surface area contributed by atoms with Crippen LogP contribution in [0.2, 0.25) is 0 Å². The number of benzene rings is 3. The Morgan fingerprint density at radius 2 is 1.37 bits per heavy atom. The molecule has 1 aliphatic rings. The molecule has 4 rings (SSSR count). The Bertz CT molecular complexity index is 850. The third kappa shape index (κ3) is 3.40. The second-order valence-electron chi connectivity index (χ2n) is 7.52. The van der Waals surface area contributed by atoms with Crippen LogP contribution in [0.4, 0.5) is 0 Å². The van der Waals surface area contributed by atoms with E-state index in [9.17, 15) is 4.79 Å². The third-order valence-electron chi connectivity index (χ3n) is 5.81. The van der Waals surface area contributed by atoms with E-state index in [1.807, 2.05) is 30.3 Å². The highest BCUT2D eigenvalue weighted by Gasteiger charge is 2.60. The van der Waals surface area contributed by atoms with E-state index in [4.69, 9.17) is 0 Å². The summed E-state index contributed by atoms with van der Waals surface area (Å²) in [4.78, 5) is 13.0. The first kappa shape index (κ1) is 17.5. The second-order valence-corrected chi connectivity index (χ2v) is 7.52. The van der Waals surface area contributed by atoms with Crippen LogP contribution in [0, 0.1) is 5.92 Å². The summed E-state index contributed by atoms with van der Waals surface area (Å²) >= 11 is 0. The maximum atomic E-state index is 13.0. The van der Waals surface area contributed by atoms with Crippen molar-refractivity contribution < 1.29 is 4.79 Å². The summed E-state index contributed by atoms with van der Waals surface area (Å²) in [6.45, 7) is 2.82. The summed E-state index contributed by atoms with van der Waals surface area (Å²) in [5.41, 5.74) is 3.52. The van der Waals surface area contributed by atoms with Crippen LogP contribution >= 0.6 is 0 Å². The molecular formula is C25H25NO. The van der Waals surface area contributed by atoms with Crippen LogP contribution < -0.4 is 5.32 Å². The second kappa shape index (κ2) is 7.40. The fourth-order valence-corrected chi connectivity index (χ4v) is 4.13. The largest absolute Gasteiger partial charge is 0.355 e. The van der Waals surface area contributed by atoms with Gasteiger partial charge in [0.15, 0.2) is 0 Å². The molecule has 2 nitrogen and oxygen atoms in total. The number of amides is 1. The molecule has 1 saturated carbocycles. The van der Waals surface area contributed by atoms with Gasteiger partial charge in [0.1, 0.15) is 0 Å².